The van der Waals surface area contributed by atoms with Crippen molar-refractivity contribution >= 4 is 0 Å². The molecule has 0 saturated carbocycles. The van der Waals surface area contributed by atoms with Crippen molar-refractivity contribution in [1.82, 2.24) is 0 Å². The molecule has 0 saturated heterocycles. The van der Waals surface area contributed by atoms with Crippen LogP contribution in [0.3, 0.4) is 0 Å². The average Bonchev–Trinajstić information content (AvgIpc) is 2.16. The summed E-state index contributed by atoms with van der Waals surface area (Å²) in [6.45, 7) is 4.72. The summed E-state index contributed by atoms with van der Waals surface area (Å²) >= 11 is 0. The Labute approximate surface area is 72.7 Å². The smallest absolute Gasteiger partial charge is 0.119 e. The third-order valence-corrected chi connectivity index (χ3v) is 1.47. The lowest BCUT2D eigenvalue weighted by molar-refractivity contribution is 0.351. The van der Waals surface area contributed by atoms with Crippen molar-refractivity contribution in [3.05, 3.63) is 42.5 Å². The lowest BCUT2D eigenvalue weighted by Gasteiger charge is -2.05. The molecule has 1 aromatic carbocycles. The molecule has 2 nitrogen and oxygen atoms in total. The molecule has 12 heavy (non-hydrogen) atoms. The van der Waals surface area contributed by atoms with Crippen molar-refractivity contribution in [2.24, 2.45) is 5.73 Å². The first kappa shape index (κ1) is 8.81. The van der Waals surface area contributed by atoms with Crippen molar-refractivity contribution in [2.75, 3.05) is 13.2 Å². The second kappa shape index (κ2) is 4.57. The van der Waals surface area contributed by atoms with Gasteiger partial charge in [-0.2, -0.15) is 0 Å². The lowest BCUT2D eigenvalue weighted by atomic mass is 10.3. The van der Waals surface area contributed by atoms with Gasteiger partial charge in [0.1, 0.15) is 12.4 Å². The zero-order chi connectivity index (χ0) is 8.81. The molecular weight excluding hydrogens is 150 g/mol. The Morgan fingerprint density at radius 3 is 2.58 bits per heavy atom. The minimum Gasteiger partial charge on any atom is -0.489 e. The van der Waals surface area contributed by atoms with Gasteiger partial charge in [0.15, 0.2) is 0 Å². The van der Waals surface area contributed by atoms with E-state index >= 15 is 0 Å². The number of para-hydroxylation sites is 1. The summed E-state index contributed by atoms with van der Waals surface area (Å²) in [7, 11) is 0. The molecule has 0 heterocycles. The molecule has 0 radical (unpaired) electrons. The molecule has 0 unspecified atom stereocenters. The van der Waals surface area contributed by atoms with Crippen molar-refractivity contribution in [2.45, 2.75) is 0 Å². The van der Waals surface area contributed by atoms with Crippen molar-refractivity contribution in [1.29, 1.82) is 0 Å². The Bertz CT molecular complexity index is 243. The Balaban J connectivity index is 2.38. The highest BCUT2D eigenvalue weighted by atomic mass is 16.5. The predicted molar refractivity (Wildman–Crippen MR) is 50.1 cm³/mol. The fourth-order valence-corrected chi connectivity index (χ4v) is 0.761. The number of ether oxygens (including phenoxy) is 1. The van der Waals surface area contributed by atoms with E-state index in [9.17, 15) is 0 Å². The van der Waals surface area contributed by atoms with Gasteiger partial charge >= 0.3 is 0 Å². The summed E-state index contributed by atoms with van der Waals surface area (Å²) in [4.78, 5) is 0. The maximum absolute atomic E-state index is 5.38. The average molecular weight is 163 g/mol. The molecule has 2 N–H and O–H groups in total. The Morgan fingerprint density at radius 1 is 1.33 bits per heavy atom. The molecule has 0 atom stereocenters. The van der Waals surface area contributed by atoms with Crippen LogP contribution in [-0.2, 0) is 0 Å². The van der Waals surface area contributed by atoms with E-state index in [1.54, 1.807) is 0 Å². The second-order valence-electron chi connectivity index (χ2n) is 2.56. The van der Waals surface area contributed by atoms with Crippen LogP contribution in [0.4, 0.5) is 0 Å². The summed E-state index contributed by atoms with van der Waals surface area (Å²) < 4.78 is 5.38. The number of hydrogen-bond donors (Lipinski definition) is 1. The molecule has 0 fully saturated rings. The van der Waals surface area contributed by atoms with Gasteiger partial charge in [-0.25, -0.2) is 0 Å². The van der Waals surface area contributed by atoms with Gasteiger partial charge < -0.3 is 10.5 Å². The zero-order valence-electron chi connectivity index (χ0n) is 6.99. The highest BCUT2D eigenvalue weighted by Gasteiger charge is 1.92. The first-order valence-electron chi connectivity index (χ1n) is 3.87. The van der Waals surface area contributed by atoms with Crippen LogP contribution in [0.25, 0.3) is 0 Å². The van der Waals surface area contributed by atoms with Gasteiger partial charge in [-0.3, -0.25) is 0 Å². The molecule has 1 rings (SSSR count). The standard InChI is InChI=1S/C10H13NO/c1-9(7-11)8-12-10-5-3-2-4-6-10/h2-6H,1,7-8,11H2. The van der Waals surface area contributed by atoms with Crippen LogP contribution in [0.1, 0.15) is 0 Å². The van der Waals surface area contributed by atoms with E-state index in [0.29, 0.717) is 13.2 Å². The number of hydrogen-bond acceptors (Lipinski definition) is 2. The van der Waals surface area contributed by atoms with Gasteiger partial charge in [0.25, 0.3) is 0 Å². The van der Waals surface area contributed by atoms with Crippen LogP contribution < -0.4 is 10.5 Å². The minimum atomic E-state index is 0.479. The first-order chi connectivity index (χ1) is 5.83. The van der Waals surface area contributed by atoms with Gasteiger partial charge in [-0.05, 0) is 17.7 Å². The van der Waals surface area contributed by atoms with Gasteiger partial charge in [0, 0.05) is 6.54 Å². The highest BCUT2D eigenvalue weighted by Crippen LogP contribution is 2.08. The molecule has 1 aromatic rings. The van der Waals surface area contributed by atoms with Gasteiger partial charge in [0.05, 0.1) is 0 Å². The molecular formula is C10H13NO. The maximum Gasteiger partial charge on any atom is 0.119 e. The van der Waals surface area contributed by atoms with Crippen molar-refractivity contribution < 1.29 is 4.74 Å². The summed E-state index contributed by atoms with van der Waals surface area (Å²) in [6.07, 6.45) is 0. The number of benzene rings is 1. The molecule has 0 aromatic heterocycles. The lowest BCUT2D eigenvalue weighted by Crippen LogP contribution is -2.09. The first-order valence-corrected chi connectivity index (χ1v) is 3.87. The summed E-state index contributed by atoms with van der Waals surface area (Å²) in [5.41, 5.74) is 6.26. The van der Waals surface area contributed by atoms with Gasteiger partial charge in [-0.15, -0.1) is 0 Å². The van der Waals surface area contributed by atoms with Gasteiger partial charge in [-0.1, -0.05) is 24.8 Å². The maximum atomic E-state index is 5.38. The van der Waals surface area contributed by atoms with E-state index < -0.39 is 0 Å². The minimum absolute atomic E-state index is 0.479. The third kappa shape index (κ3) is 2.76. The van der Waals surface area contributed by atoms with E-state index in [4.69, 9.17) is 10.5 Å². The molecule has 2 heteroatoms. The summed E-state index contributed by atoms with van der Waals surface area (Å²) in [5, 5.41) is 0. The van der Waals surface area contributed by atoms with Gasteiger partial charge in [0.2, 0.25) is 0 Å². The van der Waals surface area contributed by atoms with E-state index in [1.165, 1.54) is 0 Å². The van der Waals surface area contributed by atoms with Crippen LogP contribution in [0, 0.1) is 0 Å². The summed E-state index contributed by atoms with van der Waals surface area (Å²) in [6, 6.07) is 9.62. The van der Waals surface area contributed by atoms with Crippen LogP contribution in [0.15, 0.2) is 42.5 Å². The SMILES string of the molecule is C=C(CN)COc1ccccc1. The third-order valence-electron chi connectivity index (χ3n) is 1.47. The number of nitrogens with two attached hydrogens (primary N) is 1. The molecule has 0 aliphatic carbocycles. The normalized spacial score (nSPS) is 9.42. The highest BCUT2D eigenvalue weighted by molar-refractivity contribution is 5.21. The predicted octanol–water partition coefficient (Wildman–Crippen LogP) is 1.58. The fraction of sp³-hybridized carbons (Fsp3) is 0.200. The second-order valence-corrected chi connectivity index (χ2v) is 2.56. The van der Waals surface area contributed by atoms with Crippen molar-refractivity contribution in [3.8, 4) is 5.75 Å². The Morgan fingerprint density at radius 2 is 2.00 bits per heavy atom. The monoisotopic (exact) mass is 163 g/mol. The van der Waals surface area contributed by atoms with Crippen molar-refractivity contribution in [3.63, 3.8) is 0 Å². The van der Waals surface area contributed by atoms with Crippen LogP contribution in [-0.4, -0.2) is 13.2 Å². The van der Waals surface area contributed by atoms with E-state index in [1.807, 2.05) is 30.3 Å². The quantitative estimate of drug-likeness (QED) is 0.684. The topological polar surface area (TPSA) is 35.2 Å². The molecule has 0 aliphatic heterocycles. The zero-order valence-corrected chi connectivity index (χ0v) is 6.99. The molecule has 0 amide bonds. The largest absolute Gasteiger partial charge is 0.489 e. The number of rotatable bonds is 4. The molecule has 0 bridgehead atoms. The Kier molecular flexibility index (Phi) is 3.35. The summed E-state index contributed by atoms with van der Waals surface area (Å²) in [5.74, 6) is 0.854. The van der Waals surface area contributed by atoms with E-state index in [-0.39, 0.29) is 0 Å². The van der Waals surface area contributed by atoms with Crippen LogP contribution in [0.5, 0.6) is 5.75 Å². The fourth-order valence-electron chi connectivity index (χ4n) is 0.761. The Hall–Kier alpha value is -1.28. The van der Waals surface area contributed by atoms with Crippen LogP contribution in [0.2, 0.25) is 0 Å². The molecule has 0 spiro atoms. The molecule has 64 valence electrons. The molecule has 0 aliphatic rings. The van der Waals surface area contributed by atoms with Crippen LogP contribution >= 0.6 is 0 Å². The van der Waals surface area contributed by atoms with E-state index in [0.717, 1.165) is 11.3 Å². The van der Waals surface area contributed by atoms with E-state index in [2.05, 4.69) is 6.58 Å².